The summed E-state index contributed by atoms with van der Waals surface area (Å²) in [5, 5.41) is 3.56. The Hall–Kier alpha value is -4.06. The Kier molecular flexibility index (Phi) is 8.40. The van der Waals surface area contributed by atoms with Crippen LogP contribution in [0.15, 0.2) is 77.2 Å². The van der Waals surface area contributed by atoms with Gasteiger partial charge in [-0.3, -0.25) is 9.59 Å². The molecule has 6 nitrogen and oxygen atoms in total. The van der Waals surface area contributed by atoms with Crippen molar-refractivity contribution in [1.29, 1.82) is 0 Å². The summed E-state index contributed by atoms with van der Waals surface area (Å²) in [7, 11) is 0. The number of fused-ring (bicyclic) bond motifs is 1. The largest absolute Gasteiger partial charge is 0.494 e. The van der Waals surface area contributed by atoms with Crippen molar-refractivity contribution in [2.75, 3.05) is 18.5 Å². The van der Waals surface area contributed by atoms with Gasteiger partial charge in [-0.25, -0.2) is 0 Å². The third-order valence-corrected chi connectivity index (χ3v) is 5.85. The Balaban J connectivity index is 1.52. The van der Waals surface area contributed by atoms with Crippen molar-refractivity contribution in [3.63, 3.8) is 0 Å². The molecule has 0 aliphatic rings. The Morgan fingerprint density at radius 1 is 0.778 bits per heavy atom. The lowest BCUT2D eigenvalue weighted by molar-refractivity contribution is 0.101. The summed E-state index contributed by atoms with van der Waals surface area (Å²) in [6.45, 7) is 5.27. The second kappa shape index (κ2) is 12.1. The second-order valence-corrected chi connectivity index (χ2v) is 8.48. The van der Waals surface area contributed by atoms with Crippen LogP contribution in [0.5, 0.6) is 11.5 Å². The maximum atomic E-state index is 13.3. The number of rotatable bonds is 12. The van der Waals surface area contributed by atoms with Gasteiger partial charge in [0.15, 0.2) is 5.76 Å². The number of carbonyl (C=O) groups is 2. The standard InChI is InChI=1S/C30H31NO5/c1-3-5-6-9-20-35-24-18-14-22(15-19-24)30(33)31-27-25-10-7-8-11-26(25)36-29(27)28(32)21-12-16-23(17-13-21)34-4-2/h7-8,10-19H,3-6,9,20H2,1-2H3,(H,31,33). The number of benzene rings is 3. The topological polar surface area (TPSA) is 77.8 Å². The fourth-order valence-electron chi connectivity index (χ4n) is 3.94. The highest BCUT2D eigenvalue weighted by atomic mass is 16.5. The van der Waals surface area contributed by atoms with E-state index in [-0.39, 0.29) is 17.5 Å². The minimum Gasteiger partial charge on any atom is -0.494 e. The molecule has 0 spiro atoms. The zero-order valence-corrected chi connectivity index (χ0v) is 20.7. The lowest BCUT2D eigenvalue weighted by Gasteiger charge is -2.09. The molecule has 4 aromatic rings. The molecule has 1 amide bonds. The molecule has 4 rings (SSSR count). The van der Waals surface area contributed by atoms with Crippen molar-refractivity contribution in [2.24, 2.45) is 0 Å². The van der Waals surface area contributed by atoms with Gasteiger partial charge in [0.2, 0.25) is 5.78 Å². The van der Waals surface area contributed by atoms with E-state index in [0.29, 0.717) is 46.7 Å². The molecule has 1 heterocycles. The number of anilines is 1. The van der Waals surface area contributed by atoms with Gasteiger partial charge in [-0.2, -0.15) is 0 Å². The summed E-state index contributed by atoms with van der Waals surface area (Å²) in [6.07, 6.45) is 4.54. The maximum Gasteiger partial charge on any atom is 0.255 e. The number of ether oxygens (including phenoxy) is 2. The fourth-order valence-corrected chi connectivity index (χ4v) is 3.94. The van der Waals surface area contributed by atoms with Crippen molar-refractivity contribution >= 4 is 28.3 Å². The molecular weight excluding hydrogens is 454 g/mol. The van der Waals surface area contributed by atoms with Crippen molar-refractivity contribution in [1.82, 2.24) is 0 Å². The van der Waals surface area contributed by atoms with Gasteiger partial charge in [0, 0.05) is 16.5 Å². The Bertz CT molecular complexity index is 1310. The van der Waals surface area contributed by atoms with E-state index in [9.17, 15) is 9.59 Å². The molecule has 0 aliphatic carbocycles. The van der Waals surface area contributed by atoms with Crippen molar-refractivity contribution in [3.8, 4) is 11.5 Å². The molecular formula is C30H31NO5. The highest BCUT2D eigenvalue weighted by molar-refractivity contribution is 6.18. The minimum atomic E-state index is -0.336. The molecule has 6 heteroatoms. The van der Waals surface area contributed by atoms with Crippen LogP contribution >= 0.6 is 0 Å². The molecule has 3 aromatic carbocycles. The first-order valence-corrected chi connectivity index (χ1v) is 12.4. The SMILES string of the molecule is CCCCCCOc1ccc(C(=O)Nc2c(C(=O)c3ccc(OCC)cc3)oc3ccccc23)cc1. The van der Waals surface area contributed by atoms with Crippen LogP contribution in [0.4, 0.5) is 5.69 Å². The van der Waals surface area contributed by atoms with E-state index >= 15 is 0 Å². The first-order chi connectivity index (χ1) is 17.6. The van der Waals surface area contributed by atoms with Crippen LogP contribution in [-0.2, 0) is 0 Å². The van der Waals surface area contributed by atoms with E-state index in [1.165, 1.54) is 12.8 Å². The van der Waals surface area contributed by atoms with Crippen molar-refractivity contribution < 1.29 is 23.5 Å². The first-order valence-electron chi connectivity index (χ1n) is 12.4. The number of hydrogen-bond acceptors (Lipinski definition) is 5. The lowest BCUT2D eigenvalue weighted by atomic mass is 10.1. The van der Waals surface area contributed by atoms with Crippen molar-refractivity contribution in [3.05, 3.63) is 89.7 Å². The van der Waals surface area contributed by atoms with Gasteiger partial charge in [-0.1, -0.05) is 38.3 Å². The maximum absolute atomic E-state index is 13.3. The average molecular weight is 486 g/mol. The molecule has 1 N–H and O–H groups in total. The van der Waals surface area contributed by atoms with E-state index in [0.717, 1.165) is 18.6 Å². The number of para-hydroxylation sites is 1. The Morgan fingerprint density at radius 2 is 1.44 bits per heavy atom. The Labute approximate surface area is 211 Å². The zero-order chi connectivity index (χ0) is 25.3. The summed E-state index contributed by atoms with van der Waals surface area (Å²) in [5.74, 6) is 0.831. The molecule has 0 saturated heterocycles. The Morgan fingerprint density at radius 3 is 2.14 bits per heavy atom. The number of carbonyl (C=O) groups excluding carboxylic acids is 2. The van der Waals surface area contributed by atoms with E-state index in [1.807, 2.05) is 25.1 Å². The normalized spacial score (nSPS) is 10.8. The molecule has 0 atom stereocenters. The van der Waals surface area contributed by atoms with Crippen LogP contribution in [0.3, 0.4) is 0 Å². The highest BCUT2D eigenvalue weighted by Crippen LogP contribution is 2.33. The summed E-state index contributed by atoms with van der Waals surface area (Å²) >= 11 is 0. The average Bonchev–Trinajstić information content (AvgIpc) is 3.27. The van der Waals surface area contributed by atoms with E-state index < -0.39 is 0 Å². The van der Waals surface area contributed by atoms with Crippen molar-refractivity contribution in [2.45, 2.75) is 39.5 Å². The molecule has 0 unspecified atom stereocenters. The molecule has 0 bridgehead atoms. The predicted molar refractivity (Wildman–Crippen MR) is 141 cm³/mol. The molecule has 0 radical (unpaired) electrons. The van der Waals surface area contributed by atoms with Crippen LogP contribution in [0, 0.1) is 0 Å². The molecule has 186 valence electrons. The smallest absolute Gasteiger partial charge is 0.255 e. The highest BCUT2D eigenvalue weighted by Gasteiger charge is 2.24. The van der Waals surface area contributed by atoms with Crippen LogP contribution in [-0.4, -0.2) is 24.9 Å². The third kappa shape index (κ3) is 5.95. The zero-order valence-electron chi connectivity index (χ0n) is 20.7. The second-order valence-electron chi connectivity index (χ2n) is 8.48. The monoisotopic (exact) mass is 485 g/mol. The van der Waals surface area contributed by atoms with Crippen LogP contribution < -0.4 is 14.8 Å². The molecule has 1 aromatic heterocycles. The van der Waals surface area contributed by atoms with Gasteiger partial charge < -0.3 is 19.2 Å². The number of nitrogens with one attached hydrogen (secondary N) is 1. The molecule has 0 fully saturated rings. The number of ketones is 1. The summed E-state index contributed by atoms with van der Waals surface area (Å²) < 4.78 is 17.1. The number of hydrogen-bond donors (Lipinski definition) is 1. The van der Waals surface area contributed by atoms with Gasteiger partial charge in [-0.15, -0.1) is 0 Å². The number of unbranched alkanes of at least 4 members (excludes halogenated alkanes) is 3. The quantitative estimate of drug-likeness (QED) is 0.169. The van der Waals surface area contributed by atoms with Gasteiger partial charge in [0.05, 0.1) is 18.9 Å². The van der Waals surface area contributed by atoms with E-state index in [2.05, 4.69) is 12.2 Å². The number of furan rings is 1. The van der Waals surface area contributed by atoms with Gasteiger partial charge >= 0.3 is 0 Å². The third-order valence-electron chi connectivity index (χ3n) is 5.85. The van der Waals surface area contributed by atoms with Gasteiger partial charge in [0.25, 0.3) is 5.91 Å². The van der Waals surface area contributed by atoms with E-state index in [1.54, 1.807) is 54.6 Å². The fraction of sp³-hybridized carbons (Fsp3) is 0.267. The van der Waals surface area contributed by atoms with Crippen LogP contribution in [0.25, 0.3) is 11.0 Å². The lowest BCUT2D eigenvalue weighted by Crippen LogP contribution is -2.14. The van der Waals surface area contributed by atoms with Gasteiger partial charge in [0.1, 0.15) is 17.1 Å². The van der Waals surface area contributed by atoms with Crippen LogP contribution in [0.2, 0.25) is 0 Å². The molecule has 0 aliphatic heterocycles. The summed E-state index contributed by atoms with van der Waals surface area (Å²) in [5.41, 5.74) is 1.77. The first kappa shape index (κ1) is 25.0. The molecule has 0 saturated carbocycles. The van der Waals surface area contributed by atoms with Crippen LogP contribution in [0.1, 0.15) is 66.0 Å². The minimum absolute atomic E-state index is 0.0840. The number of amides is 1. The predicted octanol–water partition coefficient (Wildman–Crippen LogP) is 7.27. The van der Waals surface area contributed by atoms with E-state index in [4.69, 9.17) is 13.9 Å². The molecule has 36 heavy (non-hydrogen) atoms. The summed E-state index contributed by atoms with van der Waals surface area (Å²) in [6, 6.07) is 21.1. The summed E-state index contributed by atoms with van der Waals surface area (Å²) in [4.78, 5) is 26.4. The van der Waals surface area contributed by atoms with Gasteiger partial charge in [-0.05, 0) is 74.0 Å².